The van der Waals surface area contributed by atoms with Gasteiger partial charge in [-0.15, -0.1) is 11.3 Å². The average molecular weight is 279 g/mol. The summed E-state index contributed by atoms with van der Waals surface area (Å²) in [6.45, 7) is 3.22. The zero-order valence-corrected chi connectivity index (χ0v) is 11.8. The van der Waals surface area contributed by atoms with Crippen molar-refractivity contribution < 1.29 is 0 Å². The molecule has 0 saturated carbocycles. The fourth-order valence-corrected chi connectivity index (χ4v) is 2.56. The number of hydrogen-bond acceptors (Lipinski definition) is 4. The maximum Gasteiger partial charge on any atom is 0.316 e. The molecule has 1 atom stereocenters. The molecule has 0 aliphatic rings. The maximum atomic E-state index is 11.7. The topological polar surface area (TPSA) is 56.0 Å². The molecule has 5 nitrogen and oxygen atoms in total. The van der Waals surface area contributed by atoms with Gasteiger partial charge in [-0.2, -0.15) is 0 Å². The molecule has 0 radical (unpaired) electrons. The van der Waals surface area contributed by atoms with Crippen molar-refractivity contribution >= 4 is 11.3 Å². The summed E-state index contributed by atoms with van der Waals surface area (Å²) >= 11 is 1.70. The lowest BCUT2D eigenvalue weighted by atomic mass is 10.3. The maximum absolute atomic E-state index is 11.7. The van der Waals surface area contributed by atoms with Crippen LogP contribution in [0.5, 0.6) is 0 Å². The fourth-order valence-electron chi connectivity index (χ4n) is 1.81. The van der Waals surface area contributed by atoms with Crippen LogP contribution in [0.4, 0.5) is 0 Å². The Labute approximate surface area is 115 Å². The highest BCUT2D eigenvalue weighted by Gasteiger charge is 2.06. The van der Waals surface area contributed by atoms with E-state index in [0.29, 0.717) is 13.1 Å². The summed E-state index contributed by atoms with van der Waals surface area (Å²) < 4.78 is 2.73. The zero-order chi connectivity index (χ0) is 13.8. The van der Waals surface area contributed by atoms with Gasteiger partial charge in [0.1, 0.15) is 0 Å². The molecule has 19 heavy (non-hydrogen) atoms. The van der Waals surface area contributed by atoms with Crippen LogP contribution in [0.3, 0.4) is 0 Å². The Hall–Kier alpha value is -1.66. The largest absolute Gasteiger partial charge is 0.316 e. The van der Waals surface area contributed by atoms with Gasteiger partial charge in [-0.3, -0.25) is 9.59 Å². The molecule has 6 heteroatoms. The minimum atomic E-state index is -0.492. The molecule has 0 aromatic carbocycles. The molecule has 2 rings (SSSR count). The van der Waals surface area contributed by atoms with Crippen LogP contribution in [0.2, 0.25) is 0 Å². The summed E-state index contributed by atoms with van der Waals surface area (Å²) in [5.74, 6) is 0. The number of rotatable bonds is 5. The Morgan fingerprint density at radius 3 is 2.79 bits per heavy atom. The molecular weight excluding hydrogens is 262 g/mol. The lowest BCUT2D eigenvalue weighted by Crippen LogP contribution is -2.41. The second-order valence-electron chi connectivity index (χ2n) is 4.40. The van der Waals surface area contributed by atoms with E-state index in [9.17, 15) is 9.59 Å². The first-order valence-corrected chi connectivity index (χ1v) is 7.00. The molecule has 2 aromatic rings. The molecule has 0 aliphatic heterocycles. The van der Waals surface area contributed by atoms with Gasteiger partial charge in [0.05, 0.1) is 0 Å². The van der Waals surface area contributed by atoms with Crippen LogP contribution in [0.25, 0.3) is 0 Å². The van der Waals surface area contributed by atoms with Crippen LogP contribution in [0.1, 0.15) is 17.8 Å². The number of nitrogens with zero attached hydrogens (tertiary/aromatic N) is 2. The van der Waals surface area contributed by atoms with Crippen LogP contribution >= 0.6 is 11.3 Å². The highest BCUT2D eigenvalue weighted by atomic mass is 32.1. The lowest BCUT2D eigenvalue weighted by Gasteiger charge is -2.12. The SMILES string of the molecule is CC(NCCn1ccn(C)c(=O)c1=O)c1cccs1. The van der Waals surface area contributed by atoms with Gasteiger partial charge in [-0.05, 0) is 18.4 Å². The molecule has 2 aromatic heterocycles. The third-order valence-corrected chi connectivity index (χ3v) is 4.06. The molecule has 0 fully saturated rings. The Kier molecular flexibility index (Phi) is 4.34. The second kappa shape index (κ2) is 5.99. The van der Waals surface area contributed by atoms with Crippen molar-refractivity contribution in [3.8, 4) is 0 Å². The van der Waals surface area contributed by atoms with E-state index in [1.54, 1.807) is 30.8 Å². The number of thiophene rings is 1. The van der Waals surface area contributed by atoms with Gasteiger partial charge in [-0.1, -0.05) is 6.07 Å². The second-order valence-corrected chi connectivity index (χ2v) is 5.38. The van der Waals surface area contributed by atoms with Crippen LogP contribution in [0, 0.1) is 0 Å². The van der Waals surface area contributed by atoms with Crippen molar-refractivity contribution in [1.29, 1.82) is 0 Å². The third kappa shape index (κ3) is 3.21. The minimum absolute atomic E-state index is 0.252. The van der Waals surface area contributed by atoms with Gasteiger partial charge >= 0.3 is 11.1 Å². The van der Waals surface area contributed by atoms with Crippen LogP contribution < -0.4 is 16.4 Å². The quantitative estimate of drug-likeness (QED) is 0.829. The van der Waals surface area contributed by atoms with Gasteiger partial charge in [0.25, 0.3) is 0 Å². The predicted molar refractivity (Wildman–Crippen MR) is 76.7 cm³/mol. The highest BCUT2D eigenvalue weighted by molar-refractivity contribution is 7.10. The van der Waals surface area contributed by atoms with Crippen molar-refractivity contribution in [3.63, 3.8) is 0 Å². The normalized spacial score (nSPS) is 12.5. The van der Waals surface area contributed by atoms with Gasteiger partial charge in [-0.25, -0.2) is 0 Å². The summed E-state index contributed by atoms with van der Waals surface area (Å²) in [4.78, 5) is 24.4. The monoisotopic (exact) mass is 279 g/mol. The van der Waals surface area contributed by atoms with Gasteiger partial charge in [0, 0.05) is 43.4 Å². The van der Waals surface area contributed by atoms with Crippen molar-refractivity contribution in [3.05, 3.63) is 55.5 Å². The first-order valence-electron chi connectivity index (χ1n) is 6.12. The molecule has 0 aliphatic carbocycles. The summed E-state index contributed by atoms with van der Waals surface area (Å²) in [7, 11) is 1.57. The Morgan fingerprint density at radius 1 is 1.32 bits per heavy atom. The Morgan fingerprint density at radius 2 is 2.11 bits per heavy atom. The van der Waals surface area contributed by atoms with Gasteiger partial charge < -0.3 is 14.5 Å². The highest BCUT2D eigenvalue weighted by Crippen LogP contribution is 2.17. The summed E-state index contributed by atoms with van der Waals surface area (Å²) in [6, 6.07) is 4.35. The zero-order valence-electron chi connectivity index (χ0n) is 11.0. The fraction of sp³-hybridized carbons (Fsp3) is 0.385. The summed E-state index contributed by atoms with van der Waals surface area (Å²) in [5, 5.41) is 5.38. The van der Waals surface area contributed by atoms with E-state index < -0.39 is 11.1 Å². The predicted octanol–water partition coefficient (Wildman–Crippen LogP) is 0.959. The average Bonchev–Trinajstić information content (AvgIpc) is 2.92. The lowest BCUT2D eigenvalue weighted by molar-refractivity contribution is 0.523. The molecule has 2 heterocycles. The molecule has 0 spiro atoms. The molecule has 1 N–H and O–H groups in total. The van der Waals surface area contributed by atoms with Crippen LogP contribution in [-0.4, -0.2) is 15.7 Å². The summed E-state index contributed by atoms with van der Waals surface area (Å²) in [5.41, 5.74) is -0.968. The van der Waals surface area contributed by atoms with E-state index in [4.69, 9.17) is 0 Å². The molecule has 0 amide bonds. The number of aryl methyl sites for hydroxylation is 1. The van der Waals surface area contributed by atoms with E-state index in [0.717, 1.165) is 0 Å². The van der Waals surface area contributed by atoms with E-state index in [-0.39, 0.29) is 6.04 Å². The van der Waals surface area contributed by atoms with Gasteiger partial charge in [0.15, 0.2) is 0 Å². The van der Waals surface area contributed by atoms with E-state index in [1.165, 1.54) is 14.0 Å². The molecule has 0 bridgehead atoms. The molecule has 0 saturated heterocycles. The minimum Gasteiger partial charge on any atom is -0.312 e. The number of hydrogen-bond donors (Lipinski definition) is 1. The molecular formula is C13H17N3O2S. The van der Waals surface area contributed by atoms with Crippen molar-refractivity contribution in [2.75, 3.05) is 6.54 Å². The van der Waals surface area contributed by atoms with E-state index >= 15 is 0 Å². The van der Waals surface area contributed by atoms with Crippen molar-refractivity contribution in [2.45, 2.75) is 19.5 Å². The standard InChI is InChI=1S/C13H17N3O2S/c1-10(11-4-3-9-19-11)14-5-6-16-8-7-15(2)12(17)13(16)18/h3-4,7-10,14H,5-6H2,1-2H3. The van der Waals surface area contributed by atoms with Gasteiger partial charge in [0.2, 0.25) is 0 Å². The first-order chi connectivity index (χ1) is 9.09. The molecule has 1 unspecified atom stereocenters. The molecule has 102 valence electrons. The smallest absolute Gasteiger partial charge is 0.312 e. The van der Waals surface area contributed by atoms with Crippen LogP contribution in [-0.2, 0) is 13.6 Å². The van der Waals surface area contributed by atoms with E-state index in [1.807, 2.05) is 11.4 Å². The van der Waals surface area contributed by atoms with E-state index in [2.05, 4.69) is 18.3 Å². The first kappa shape index (κ1) is 13.8. The number of aromatic nitrogens is 2. The Balaban J connectivity index is 1.95. The van der Waals surface area contributed by atoms with Crippen molar-refractivity contribution in [2.24, 2.45) is 7.05 Å². The van der Waals surface area contributed by atoms with Crippen molar-refractivity contribution in [1.82, 2.24) is 14.5 Å². The number of nitrogens with one attached hydrogen (secondary N) is 1. The Bertz CT molecular complexity index is 643. The third-order valence-electron chi connectivity index (χ3n) is 3.01. The van der Waals surface area contributed by atoms with Crippen LogP contribution in [0.15, 0.2) is 39.5 Å². The summed E-state index contributed by atoms with van der Waals surface area (Å²) in [6.07, 6.45) is 3.24.